The number of hydrogen-bond donors (Lipinski definition) is 0. The number of rotatable bonds is 1. The number of carbonyl (C=O) groups is 1. The molecule has 8 heavy (non-hydrogen) atoms. The van der Waals surface area contributed by atoms with Gasteiger partial charge >= 0.3 is 0 Å². The van der Waals surface area contributed by atoms with Gasteiger partial charge in [-0.2, -0.15) is 0 Å². The molecular weight excluding hydrogens is 140 g/mol. The topological polar surface area (TPSA) is 17.1 Å². The molecule has 0 amide bonds. The van der Waals surface area contributed by atoms with Crippen molar-refractivity contribution in [2.45, 2.75) is 0 Å². The molecule has 42 valence electrons. The summed E-state index contributed by atoms with van der Waals surface area (Å²) in [5, 5.41) is 5.67. The van der Waals surface area contributed by atoms with Gasteiger partial charge in [-0.1, -0.05) is 11.8 Å². The maximum Gasteiger partial charge on any atom is 0.157 e. The molecule has 0 atom stereocenters. The number of allylic oxidation sites excluding steroid dienone is 1. The van der Waals surface area contributed by atoms with Gasteiger partial charge < -0.3 is 0 Å². The number of thioether (sulfide) groups is 2. The summed E-state index contributed by atoms with van der Waals surface area (Å²) in [5.41, 5.74) is 0. The van der Waals surface area contributed by atoms with Gasteiger partial charge in [-0.3, -0.25) is 4.79 Å². The van der Waals surface area contributed by atoms with Crippen LogP contribution in [0.4, 0.5) is 0 Å². The predicted molar refractivity (Wildman–Crippen MR) is 38.5 cm³/mol. The lowest BCUT2D eigenvalue weighted by atomic mass is 10.7. The van der Waals surface area contributed by atoms with E-state index < -0.39 is 0 Å². The van der Waals surface area contributed by atoms with Crippen LogP contribution in [0, 0.1) is 0 Å². The Balaban J connectivity index is 2.55. The third-order valence-electron chi connectivity index (χ3n) is 0.639. The summed E-state index contributed by atoms with van der Waals surface area (Å²) >= 11 is 2.99. The van der Waals surface area contributed by atoms with Crippen LogP contribution in [-0.2, 0) is 4.79 Å². The smallest absolute Gasteiger partial charge is 0.157 e. The van der Waals surface area contributed by atoms with Crippen LogP contribution >= 0.6 is 23.5 Å². The molecule has 0 N–H and O–H groups in total. The first kappa shape index (κ1) is 5.98. The van der Waals surface area contributed by atoms with Gasteiger partial charge in [-0.15, -0.1) is 11.8 Å². The highest BCUT2D eigenvalue weighted by Gasteiger charge is 1.94. The van der Waals surface area contributed by atoms with E-state index >= 15 is 0 Å². The fraction of sp³-hybridized carbons (Fsp3) is 0. The number of hydrogen-bond acceptors (Lipinski definition) is 3. The molecule has 0 bridgehead atoms. The van der Waals surface area contributed by atoms with Gasteiger partial charge in [0.25, 0.3) is 0 Å². The molecule has 0 saturated carbocycles. The molecule has 1 rings (SSSR count). The van der Waals surface area contributed by atoms with E-state index in [0.29, 0.717) is 0 Å². The van der Waals surface area contributed by atoms with Gasteiger partial charge in [0.1, 0.15) is 0 Å². The predicted octanol–water partition coefficient (Wildman–Crippen LogP) is 1.98. The third kappa shape index (κ3) is 1.42. The fourth-order valence-corrected chi connectivity index (χ4v) is 1.68. The molecule has 1 nitrogen and oxygen atoms in total. The minimum absolute atomic E-state index is 0.789. The lowest BCUT2D eigenvalue weighted by Crippen LogP contribution is -1.74. The molecule has 0 aliphatic carbocycles. The third-order valence-corrected chi connectivity index (χ3v) is 2.40. The minimum Gasteiger partial charge on any atom is -0.297 e. The molecule has 1 aliphatic heterocycles. The van der Waals surface area contributed by atoms with Crippen molar-refractivity contribution in [1.29, 1.82) is 0 Å². The second-order valence-electron chi connectivity index (χ2n) is 1.16. The second-order valence-corrected chi connectivity index (χ2v) is 2.92. The zero-order valence-corrected chi connectivity index (χ0v) is 5.67. The lowest BCUT2D eigenvalue weighted by molar-refractivity contribution is -0.104. The SMILES string of the molecule is O=CC1=CSC=CS1. The molecule has 3 heteroatoms. The Kier molecular flexibility index (Phi) is 2.24. The zero-order chi connectivity index (χ0) is 5.82. The summed E-state index contributed by atoms with van der Waals surface area (Å²) in [6, 6.07) is 0. The van der Waals surface area contributed by atoms with Crippen LogP contribution < -0.4 is 0 Å². The molecule has 1 heterocycles. The maximum atomic E-state index is 10.0. The Hall–Kier alpha value is -0.150. The van der Waals surface area contributed by atoms with Crippen molar-refractivity contribution in [3.8, 4) is 0 Å². The molecule has 0 aromatic heterocycles. The molecule has 0 spiro atoms. The van der Waals surface area contributed by atoms with Crippen LogP contribution in [0.3, 0.4) is 0 Å². The van der Waals surface area contributed by atoms with E-state index in [4.69, 9.17) is 0 Å². The quantitative estimate of drug-likeness (QED) is 0.524. The van der Waals surface area contributed by atoms with Crippen LogP contribution in [0.5, 0.6) is 0 Å². The molecule has 0 aromatic rings. The summed E-state index contributed by atoms with van der Waals surface area (Å²) in [6.45, 7) is 0. The highest BCUT2D eigenvalue weighted by molar-refractivity contribution is 8.12. The summed E-state index contributed by atoms with van der Waals surface area (Å²) < 4.78 is 0. The van der Waals surface area contributed by atoms with E-state index in [1.165, 1.54) is 23.5 Å². The average Bonchev–Trinajstić information content (AvgIpc) is 1.90. The fourth-order valence-electron chi connectivity index (χ4n) is 0.328. The van der Waals surface area contributed by atoms with Crippen molar-refractivity contribution in [2.75, 3.05) is 0 Å². The molecule has 0 fully saturated rings. The van der Waals surface area contributed by atoms with E-state index in [1.54, 1.807) is 0 Å². The Morgan fingerprint density at radius 2 is 2.38 bits per heavy atom. The van der Waals surface area contributed by atoms with Crippen molar-refractivity contribution >= 4 is 29.8 Å². The average molecular weight is 144 g/mol. The van der Waals surface area contributed by atoms with Gasteiger partial charge in [0, 0.05) is 0 Å². The van der Waals surface area contributed by atoms with E-state index in [-0.39, 0.29) is 0 Å². The van der Waals surface area contributed by atoms with E-state index in [2.05, 4.69) is 0 Å². The van der Waals surface area contributed by atoms with Crippen molar-refractivity contribution < 1.29 is 4.79 Å². The van der Waals surface area contributed by atoms with Gasteiger partial charge in [-0.25, -0.2) is 0 Å². The largest absolute Gasteiger partial charge is 0.297 e. The number of carbonyl (C=O) groups excluding carboxylic acids is 1. The number of aldehydes is 1. The van der Waals surface area contributed by atoms with Crippen LogP contribution in [0.1, 0.15) is 0 Å². The van der Waals surface area contributed by atoms with Crippen LogP contribution in [-0.4, -0.2) is 6.29 Å². The first-order valence-corrected chi connectivity index (χ1v) is 3.88. The summed E-state index contributed by atoms with van der Waals surface area (Å²) in [7, 11) is 0. The Labute approximate surface area is 56.2 Å². The molecule has 0 saturated heterocycles. The first-order valence-electron chi connectivity index (χ1n) is 2.06. The van der Waals surface area contributed by atoms with E-state index in [1.807, 2.05) is 16.2 Å². The Morgan fingerprint density at radius 3 is 2.75 bits per heavy atom. The molecule has 1 aliphatic rings. The molecule has 0 radical (unpaired) electrons. The molecular formula is C5H4OS2. The van der Waals surface area contributed by atoms with Gasteiger partial charge in [0.15, 0.2) is 6.29 Å². The summed E-state index contributed by atoms with van der Waals surface area (Å²) in [5.74, 6) is 0. The van der Waals surface area contributed by atoms with Crippen molar-refractivity contribution in [3.63, 3.8) is 0 Å². The monoisotopic (exact) mass is 144 g/mol. The highest BCUT2D eigenvalue weighted by Crippen LogP contribution is 2.25. The van der Waals surface area contributed by atoms with Crippen molar-refractivity contribution in [3.05, 3.63) is 21.1 Å². The zero-order valence-electron chi connectivity index (χ0n) is 4.03. The lowest BCUT2D eigenvalue weighted by Gasteiger charge is -1.95. The van der Waals surface area contributed by atoms with E-state index in [0.717, 1.165) is 11.2 Å². The van der Waals surface area contributed by atoms with Crippen LogP contribution in [0.2, 0.25) is 0 Å². The van der Waals surface area contributed by atoms with Gasteiger partial charge in [-0.05, 0) is 16.2 Å². The van der Waals surface area contributed by atoms with Gasteiger partial charge in [0.2, 0.25) is 0 Å². The Morgan fingerprint density at radius 1 is 1.50 bits per heavy atom. The molecule has 0 aromatic carbocycles. The second kappa shape index (κ2) is 2.99. The van der Waals surface area contributed by atoms with Crippen molar-refractivity contribution in [1.82, 2.24) is 0 Å². The molecule has 0 unspecified atom stereocenters. The summed E-state index contributed by atoms with van der Waals surface area (Å²) in [4.78, 5) is 10.8. The Bertz CT molecular complexity index is 149. The highest BCUT2D eigenvalue weighted by atomic mass is 32.2. The summed E-state index contributed by atoms with van der Waals surface area (Å²) in [6.07, 6.45) is 0.862. The van der Waals surface area contributed by atoms with Gasteiger partial charge in [0.05, 0.1) is 4.91 Å². The minimum atomic E-state index is 0.789. The van der Waals surface area contributed by atoms with Crippen molar-refractivity contribution in [2.24, 2.45) is 0 Å². The standard InChI is InChI=1S/C5H4OS2/c6-3-5-4-7-1-2-8-5/h1-4H. The normalized spacial score (nSPS) is 17.8. The maximum absolute atomic E-state index is 10.0. The van der Waals surface area contributed by atoms with Crippen LogP contribution in [0.25, 0.3) is 0 Å². The first-order chi connectivity index (χ1) is 3.93. The van der Waals surface area contributed by atoms with Crippen LogP contribution in [0.15, 0.2) is 21.1 Å². The van der Waals surface area contributed by atoms with E-state index in [9.17, 15) is 4.79 Å².